The molecular weight excluding hydrogens is 350 g/mol. The van der Waals surface area contributed by atoms with Crippen LogP contribution in [0.25, 0.3) is 0 Å². The van der Waals surface area contributed by atoms with Gasteiger partial charge in [-0.05, 0) is 25.7 Å². The van der Waals surface area contributed by atoms with Crippen LogP contribution in [0.2, 0.25) is 5.02 Å². The van der Waals surface area contributed by atoms with E-state index in [0.717, 1.165) is 50.5 Å². The van der Waals surface area contributed by atoms with E-state index in [1.165, 1.54) is 0 Å². The maximum atomic E-state index is 10.9. The third-order valence-corrected chi connectivity index (χ3v) is 4.68. The largest absolute Gasteiger partial charge is 0.348 e. The van der Waals surface area contributed by atoms with Gasteiger partial charge >= 0.3 is 0 Å². The summed E-state index contributed by atoms with van der Waals surface area (Å²) in [4.78, 5) is 11.6. The Morgan fingerprint density at radius 3 is 2.71 bits per heavy atom. The molecule has 24 heavy (non-hydrogen) atoms. The van der Waals surface area contributed by atoms with E-state index in [9.17, 15) is 8.42 Å². The van der Waals surface area contributed by atoms with Crippen LogP contribution in [0.5, 0.6) is 0 Å². The monoisotopic (exact) mass is 378 g/mol. The predicted octanol–water partition coefficient (Wildman–Crippen LogP) is 3.23. The molecule has 0 aromatic carbocycles. The van der Waals surface area contributed by atoms with E-state index in [4.69, 9.17) is 17.2 Å². The van der Waals surface area contributed by atoms with Crippen molar-refractivity contribution in [3.8, 4) is 0 Å². The fourth-order valence-electron chi connectivity index (χ4n) is 2.30. The van der Waals surface area contributed by atoms with Crippen molar-refractivity contribution >= 4 is 21.7 Å². The van der Waals surface area contributed by atoms with Crippen LogP contribution in [0.1, 0.15) is 59.4 Å². The molecular formula is C16H28ClN3O3S. The van der Waals surface area contributed by atoms with Gasteiger partial charge in [-0.2, -0.15) is 8.42 Å². The number of unbranched alkanes of at least 4 members (excludes halogenated alkanes) is 3. The van der Waals surface area contributed by atoms with Crippen molar-refractivity contribution in [1.29, 1.82) is 0 Å². The van der Waals surface area contributed by atoms with Gasteiger partial charge in [0.05, 0.1) is 25.2 Å². The second kappa shape index (κ2) is 10.8. The maximum absolute atomic E-state index is 10.9. The number of rotatable bonds is 11. The van der Waals surface area contributed by atoms with Crippen molar-refractivity contribution < 1.29 is 14.0 Å². The zero-order valence-electron chi connectivity index (χ0n) is 15.6. The standard InChI is InChI=1S/C16H28ClN3O3S/c1-4-13(10-8-6-7-9-11-23-24(3,21)22)20-16-15(17)14(5-2)18-12-19-16/h12-13H,4-11H2,1-3H3,(H,18,19,20)/i12D. The lowest BCUT2D eigenvalue weighted by Gasteiger charge is -2.10. The van der Waals surface area contributed by atoms with Crippen LogP contribution in [0.3, 0.4) is 0 Å². The van der Waals surface area contributed by atoms with Gasteiger partial charge in [0.2, 0.25) is 0 Å². The lowest BCUT2D eigenvalue weighted by molar-refractivity contribution is 0.309. The van der Waals surface area contributed by atoms with Crippen LogP contribution in [0.15, 0.2) is 11.3 Å². The van der Waals surface area contributed by atoms with Crippen LogP contribution in [-0.2, 0) is 20.7 Å². The highest BCUT2D eigenvalue weighted by Gasteiger charge is 2.07. The molecule has 0 aliphatic heterocycles. The Hall–Kier alpha value is -0.920. The summed E-state index contributed by atoms with van der Waals surface area (Å²) in [6.07, 6.45) is 7.25. The van der Waals surface area contributed by atoms with Crippen molar-refractivity contribution in [2.24, 2.45) is 4.99 Å². The first-order valence-electron chi connectivity index (χ1n) is 8.90. The highest BCUT2D eigenvalue weighted by molar-refractivity contribution is 7.85. The van der Waals surface area contributed by atoms with E-state index in [1.807, 2.05) is 6.92 Å². The van der Waals surface area contributed by atoms with E-state index in [0.29, 0.717) is 16.9 Å². The first-order valence-corrected chi connectivity index (χ1v) is 10.6. The zero-order valence-corrected chi connectivity index (χ0v) is 16.2. The van der Waals surface area contributed by atoms with Gasteiger partial charge in [-0.1, -0.05) is 44.7 Å². The molecule has 0 saturated heterocycles. The number of hydrogen-bond acceptors (Lipinski definition) is 5. The lowest BCUT2D eigenvalue weighted by atomic mass is 10.1. The van der Waals surface area contributed by atoms with Crippen LogP contribution < -0.4 is 5.49 Å². The summed E-state index contributed by atoms with van der Waals surface area (Å²) in [6.45, 7) is 4.28. The van der Waals surface area contributed by atoms with Crippen molar-refractivity contribution in [2.75, 3.05) is 12.9 Å². The number of nitrogens with one attached hydrogen (secondary N) is 1. The van der Waals surface area contributed by atoms with Crippen LogP contribution in [0, 0.1) is 0 Å². The number of halogens is 1. The molecule has 1 rings (SSSR count). The van der Waals surface area contributed by atoms with E-state index >= 15 is 0 Å². The van der Waals surface area contributed by atoms with Gasteiger partial charge < -0.3 is 4.98 Å². The number of aryl methyl sites for hydroxylation is 1. The molecule has 1 aromatic rings. The van der Waals surface area contributed by atoms with Gasteiger partial charge in [-0.15, -0.1) is 0 Å². The smallest absolute Gasteiger partial charge is 0.264 e. The van der Waals surface area contributed by atoms with Crippen molar-refractivity contribution in [3.05, 3.63) is 22.5 Å². The molecule has 0 spiro atoms. The minimum Gasteiger partial charge on any atom is -0.348 e. The summed E-state index contributed by atoms with van der Waals surface area (Å²) in [7, 11) is -3.33. The number of nitrogens with zero attached hydrogens (tertiary/aromatic N) is 2. The number of aromatic amines is 1. The highest BCUT2D eigenvalue weighted by Crippen LogP contribution is 2.12. The Bertz CT molecular complexity index is 707. The first-order chi connectivity index (χ1) is 11.8. The fourth-order valence-corrected chi connectivity index (χ4v) is 2.99. The summed E-state index contributed by atoms with van der Waals surface area (Å²) in [5.41, 5.74) is 1.22. The number of H-pyrrole nitrogens is 1. The Balaban J connectivity index is 2.51. The van der Waals surface area contributed by atoms with Gasteiger partial charge in [0.15, 0.2) is 5.49 Å². The predicted molar refractivity (Wildman–Crippen MR) is 96.5 cm³/mol. The average Bonchev–Trinajstić information content (AvgIpc) is 2.54. The molecule has 0 amide bonds. The minimum absolute atomic E-state index is 0.0701. The van der Waals surface area contributed by atoms with Crippen LogP contribution in [-0.4, -0.2) is 37.3 Å². The molecule has 0 radical (unpaired) electrons. The molecule has 138 valence electrons. The molecule has 1 N–H and O–H groups in total. The Kier molecular flexibility index (Phi) is 8.77. The lowest BCUT2D eigenvalue weighted by Crippen LogP contribution is -2.17. The Morgan fingerprint density at radius 2 is 2.08 bits per heavy atom. The third kappa shape index (κ3) is 8.26. The molecule has 6 nitrogen and oxygen atoms in total. The molecule has 1 atom stereocenters. The van der Waals surface area contributed by atoms with Crippen molar-refractivity contribution in [1.82, 2.24) is 9.97 Å². The topological polar surface area (TPSA) is 84.4 Å². The first kappa shape index (κ1) is 19.4. The van der Waals surface area contributed by atoms with Gasteiger partial charge in [0.1, 0.15) is 6.39 Å². The van der Waals surface area contributed by atoms with E-state index < -0.39 is 10.1 Å². The van der Waals surface area contributed by atoms with E-state index in [-0.39, 0.29) is 19.0 Å². The molecule has 1 unspecified atom stereocenters. The number of aromatic nitrogens is 2. The highest BCUT2D eigenvalue weighted by atomic mass is 35.5. The zero-order chi connectivity index (χ0) is 18.9. The second-order valence-corrected chi connectivity index (χ2v) is 7.76. The van der Waals surface area contributed by atoms with E-state index in [1.54, 1.807) is 0 Å². The minimum atomic E-state index is -3.33. The van der Waals surface area contributed by atoms with Gasteiger partial charge in [-0.3, -0.25) is 9.18 Å². The molecule has 8 heteroatoms. The molecule has 0 saturated carbocycles. The molecule has 1 heterocycles. The molecule has 0 fully saturated rings. The summed E-state index contributed by atoms with van der Waals surface area (Å²) < 4.78 is 34.1. The van der Waals surface area contributed by atoms with Crippen LogP contribution >= 0.6 is 11.6 Å². The normalized spacial score (nSPS) is 14.7. The van der Waals surface area contributed by atoms with Gasteiger partial charge in [-0.25, -0.2) is 4.98 Å². The van der Waals surface area contributed by atoms with Crippen molar-refractivity contribution in [2.45, 2.75) is 64.8 Å². The molecule has 0 aliphatic rings. The molecule has 1 aromatic heterocycles. The van der Waals surface area contributed by atoms with Crippen molar-refractivity contribution in [3.63, 3.8) is 0 Å². The summed E-state index contributed by atoms with van der Waals surface area (Å²) in [6, 6.07) is 0.115. The molecule has 0 aliphatic carbocycles. The Morgan fingerprint density at radius 1 is 1.38 bits per heavy atom. The summed E-state index contributed by atoms with van der Waals surface area (Å²) >= 11 is 6.30. The van der Waals surface area contributed by atoms with Gasteiger partial charge in [0, 0.05) is 5.69 Å². The quantitative estimate of drug-likeness (QED) is 0.473. The Labute approximate surface area is 151 Å². The SMILES string of the molecule is [2H]c1nc(=NC(CC)CCCCCCOS(C)(=O)=O)c(Cl)c(CC)[nH]1. The summed E-state index contributed by atoms with van der Waals surface area (Å²) in [5.74, 6) is 0. The summed E-state index contributed by atoms with van der Waals surface area (Å²) in [5, 5.41) is 0.495. The van der Waals surface area contributed by atoms with Crippen LogP contribution in [0.4, 0.5) is 0 Å². The third-order valence-electron chi connectivity index (χ3n) is 3.69. The fraction of sp³-hybridized carbons (Fsp3) is 0.750. The maximum Gasteiger partial charge on any atom is 0.264 e. The number of hydrogen-bond donors (Lipinski definition) is 1. The van der Waals surface area contributed by atoms with E-state index in [2.05, 4.69) is 21.9 Å². The van der Waals surface area contributed by atoms with Gasteiger partial charge in [0.25, 0.3) is 10.1 Å². The second-order valence-electron chi connectivity index (χ2n) is 5.74. The average molecular weight is 379 g/mol. The molecule has 0 bridgehead atoms.